The fourth-order valence-corrected chi connectivity index (χ4v) is 4.22. The van der Waals surface area contributed by atoms with E-state index < -0.39 is 10.0 Å². The Labute approximate surface area is 142 Å². The summed E-state index contributed by atoms with van der Waals surface area (Å²) in [7, 11) is -3.53. The number of aryl methyl sites for hydroxylation is 3. The van der Waals surface area contributed by atoms with Gasteiger partial charge in [0.25, 0.3) is 0 Å². The first-order chi connectivity index (χ1) is 11.4. The van der Waals surface area contributed by atoms with Crippen LogP contribution in [0.5, 0.6) is 0 Å². The van der Waals surface area contributed by atoms with Crippen molar-refractivity contribution in [2.75, 3.05) is 19.7 Å². The van der Waals surface area contributed by atoms with Crippen LogP contribution >= 0.6 is 0 Å². The van der Waals surface area contributed by atoms with Crippen LogP contribution in [0.2, 0.25) is 0 Å². The average molecular weight is 347 g/mol. The van der Waals surface area contributed by atoms with E-state index >= 15 is 0 Å². The summed E-state index contributed by atoms with van der Waals surface area (Å²) in [6, 6.07) is 8.76. The Morgan fingerprint density at radius 3 is 2.50 bits per heavy atom. The first-order valence-electron chi connectivity index (χ1n) is 7.87. The SMILES string of the molecule is Cc1ccc(S(=O)(=O)N2CCO[C@@H](c3cc(C)nc(C)n3)C2)cc1. The summed E-state index contributed by atoms with van der Waals surface area (Å²) in [5, 5.41) is 0. The summed E-state index contributed by atoms with van der Waals surface area (Å²) in [4.78, 5) is 8.96. The van der Waals surface area contributed by atoms with Crippen molar-refractivity contribution in [1.82, 2.24) is 14.3 Å². The molecular formula is C17H21N3O3S. The van der Waals surface area contributed by atoms with E-state index in [9.17, 15) is 8.42 Å². The highest BCUT2D eigenvalue weighted by Gasteiger charge is 2.32. The van der Waals surface area contributed by atoms with Crippen molar-refractivity contribution in [3.63, 3.8) is 0 Å². The van der Waals surface area contributed by atoms with Gasteiger partial charge >= 0.3 is 0 Å². The van der Waals surface area contributed by atoms with Crippen LogP contribution < -0.4 is 0 Å². The molecular weight excluding hydrogens is 326 g/mol. The van der Waals surface area contributed by atoms with E-state index in [0.717, 1.165) is 17.0 Å². The van der Waals surface area contributed by atoms with Crippen molar-refractivity contribution < 1.29 is 13.2 Å². The van der Waals surface area contributed by atoms with Crippen molar-refractivity contribution in [2.45, 2.75) is 31.8 Å². The van der Waals surface area contributed by atoms with Gasteiger partial charge in [0.1, 0.15) is 11.9 Å². The Bertz CT molecular complexity index is 814. The Balaban J connectivity index is 1.86. The lowest BCUT2D eigenvalue weighted by molar-refractivity contribution is -0.00513. The van der Waals surface area contributed by atoms with Crippen LogP contribution in [0, 0.1) is 20.8 Å². The molecule has 2 aromatic rings. The zero-order chi connectivity index (χ0) is 17.3. The summed E-state index contributed by atoms with van der Waals surface area (Å²) < 4.78 is 32.9. The lowest BCUT2D eigenvalue weighted by atomic mass is 10.2. The average Bonchev–Trinajstić information content (AvgIpc) is 2.54. The molecule has 6 nitrogen and oxygen atoms in total. The summed E-state index contributed by atoms with van der Waals surface area (Å²) in [6.45, 7) is 6.59. The minimum Gasteiger partial charge on any atom is -0.369 e. The van der Waals surface area contributed by atoms with Gasteiger partial charge in [-0.3, -0.25) is 0 Å². The van der Waals surface area contributed by atoms with Crippen LogP contribution in [0.3, 0.4) is 0 Å². The highest BCUT2D eigenvalue weighted by molar-refractivity contribution is 7.89. The van der Waals surface area contributed by atoms with Crippen LogP contribution in [0.4, 0.5) is 0 Å². The molecule has 0 N–H and O–H groups in total. The van der Waals surface area contributed by atoms with Crippen LogP contribution in [0.25, 0.3) is 0 Å². The lowest BCUT2D eigenvalue weighted by Crippen LogP contribution is -2.42. The molecule has 1 saturated heterocycles. The Morgan fingerprint density at radius 1 is 1.12 bits per heavy atom. The van der Waals surface area contributed by atoms with E-state index in [4.69, 9.17) is 4.74 Å². The number of ether oxygens (including phenoxy) is 1. The van der Waals surface area contributed by atoms with Gasteiger partial charge in [-0.1, -0.05) is 17.7 Å². The minimum atomic E-state index is -3.53. The summed E-state index contributed by atoms with van der Waals surface area (Å²) in [5.74, 6) is 0.659. The van der Waals surface area contributed by atoms with Crippen LogP contribution in [0.15, 0.2) is 35.2 Å². The minimum absolute atomic E-state index is 0.256. The van der Waals surface area contributed by atoms with Crippen molar-refractivity contribution in [2.24, 2.45) is 0 Å². The van der Waals surface area contributed by atoms with Gasteiger partial charge in [-0.05, 0) is 39.0 Å². The molecule has 2 heterocycles. The highest BCUT2D eigenvalue weighted by atomic mass is 32.2. The van der Waals surface area contributed by atoms with Crippen molar-refractivity contribution in [1.29, 1.82) is 0 Å². The summed E-state index contributed by atoms with van der Waals surface area (Å²) in [6.07, 6.45) is -0.376. The van der Waals surface area contributed by atoms with Gasteiger partial charge in [0.05, 0.1) is 17.2 Å². The number of benzene rings is 1. The molecule has 0 aliphatic carbocycles. The summed E-state index contributed by atoms with van der Waals surface area (Å²) in [5.41, 5.74) is 2.60. The van der Waals surface area contributed by atoms with Crippen LogP contribution in [0.1, 0.15) is 28.9 Å². The van der Waals surface area contributed by atoms with E-state index in [1.54, 1.807) is 12.1 Å². The Hall–Kier alpha value is -1.83. The van der Waals surface area contributed by atoms with E-state index in [0.29, 0.717) is 23.9 Å². The van der Waals surface area contributed by atoms with Gasteiger partial charge in [0, 0.05) is 18.8 Å². The second kappa shape index (κ2) is 6.58. The smallest absolute Gasteiger partial charge is 0.243 e. The number of aromatic nitrogens is 2. The van der Waals surface area contributed by atoms with E-state index in [-0.39, 0.29) is 12.6 Å². The zero-order valence-corrected chi connectivity index (χ0v) is 14.9. The van der Waals surface area contributed by atoms with Gasteiger partial charge in [0.15, 0.2) is 0 Å². The van der Waals surface area contributed by atoms with Crippen LogP contribution in [-0.2, 0) is 14.8 Å². The van der Waals surface area contributed by atoms with Gasteiger partial charge in [0.2, 0.25) is 10.0 Å². The molecule has 7 heteroatoms. The number of nitrogens with zero attached hydrogens (tertiary/aromatic N) is 3. The molecule has 24 heavy (non-hydrogen) atoms. The molecule has 1 atom stereocenters. The number of rotatable bonds is 3. The Morgan fingerprint density at radius 2 is 1.83 bits per heavy atom. The van der Waals surface area contributed by atoms with Gasteiger partial charge in [-0.2, -0.15) is 4.31 Å². The topological polar surface area (TPSA) is 72.4 Å². The first-order valence-corrected chi connectivity index (χ1v) is 9.31. The van der Waals surface area contributed by atoms with Gasteiger partial charge < -0.3 is 4.74 Å². The van der Waals surface area contributed by atoms with E-state index in [1.165, 1.54) is 4.31 Å². The fraction of sp³-hybridized carbons (Fsp3) is 0.412. The maximum absolute atomic E-state index is 12.8. The van der Waals surface area contributed by atoms with Crippen LogP contribution in [-0.4, -0.2) is 42.4 Å². The third-order valence-electron chi connectivity index (χ3n) is 4.00. The quantitative estimate of drug-likeness (QED) is 0.851. The van der Waals surface area contributed by atoms with E-state index in [1.807, 2.05) is 39.0 Å². The standard InChI is InChI=1S/C17H21N3O3S/c1-12-4-6-15(7-5-12)24(21,22)20-8-9-23-17(11-20)16-10-13(2)18-14(3)19-16/h4-7,10,17H,8-9,11H2,1-3H3/t17-/m1/s1. The number of hydrogen-bond acceptors (Lipinski definition) is 5. The molecule has 0 bridgehead atoms. The molecule has 128 valence electrons. The zero-order valence-electron chi connectivity index (χ0n) is 14.1. The third kappa shape index (κ3) is 3.48. The number of morpholine rings is 1. The normalized spacial score (nSPS) is 19.4. The molecule has 1 aromatic carbocycles. The first kappa shape index (κ1) is 17.0. The molecule has 1 aromatic heterocycles. The van der Waals surface area contributed by atoms with Crippen molar-refractivity contribution in [3.05, 3.63) is 53.1 Å². The molecule has 1 fully saturated rings. The summed E-state index contributed by atoms with van der Waals surface area (Å²) >= 11 is 0. The molecule has 0 saturated carbocycles. The van der Waals surface area contributed by atoms with Crippen molar-refractivity contribution >= 4 is 10.0 Å². The predicted molar refractivity (Wildman–Crippen MR) is 90.1 cm³/mol. The largest absolute Gasteiger partial charge is 0.369 e. The monoisotopic (exact) mass is 347 g/mol. The van der Waals surface area contributed by atoms with Gasteiger partial charge in [-0.15, -0.1) is 0 Å². The van der Waals surface area contributed by atoms with E-state index in [2.05, 4.69) is 9.97 Å². The Kier molecular flexibility index (Phi) is 4.67. The predicted octanol–water partition coefficient (Wildman–Crippen LogP) is 2.16. The lowest BCUT2D eigenvalue weighted by Gasteiger charge is -2.32. The third-order valence-corrected chi connectivity index (χ3v) is 5.88. The number of hydrogen-bond donors (Lipinski definition) is 0. The fourth-order valence-electron chi connectivity index (χ4n) is 2.79. The maximum Gasteiger partial charge on any atom is 0.243 e. The molecule has 0 unspecified atom stereocenters. The second-order valence-electron chi connectivity index (χ2n) is 6.02. The molecule has 1 aliphatic rings. The molecule has 0 amide bonds. The number of sulfonamides is 1. The molecule has 1 aliphatic heterocycles. The molecule has 0 radical (unpaired) electrons. The highest BCUT2D eigenvalue weighted by Crippen LogP contribution is 2.26. The second-order valence-corrected chi connectivity index (χ2v) is 7.95. The maximum atomic E-state index is 12.8. The molecule has 0 spiro atoms. The van der Waals surface area contributed by atoms with Crippen molar-refractivity contribution in [3.8, 4) is 0 Å². The van der Waals surface area contributed by atoms with Gasteiger partial charge in [-0.25, -0.2) is 18.4 Å². The molecule has 3 rings (SSSR count).